The number of hydrogen-bond donors (Lipinski definition) is 1. The van der Waals surface area contributed by atoms with Crippen LogP contribution in [-0.4, -0.2) is 61.9 Å². The Hall–Kier alpha value is -1.92. The van der Waals surface area contributed by atoms with Crippen LogP contribution < -0.4 is 10.6 Å². The molecule has 0 bridgehead atoms. The van der Waals surface area contributed by atoms with Crippen molar-refractivity contribution in [1.82, 2.24) is 9.80 Å². The van der Waals surface area contributed by atoms with E-state index in [1.807, 2.05) is 18.2 Å². The summed E-state index contributed by atoms with van der Waals surface area (Å²) in [6, 6.07) is 8.31. The lowest BCUT2D eigenvalue weighted by atomic mass is 9.99. The second-order valence-corrected chi connectivity index (χ2v) is 6.62. The number of likely N-dealkylation sites (N-methyl/N-ethyl adjacent to an activating group) is 1. The van der Waals surface area contributed by atoms with Crippen LogP contribution in [0.15, 0.2) is 24.3 Å². The molecule has 0 aliphatic carbocycles. The van der Waals surface area contributed by atoms with Gasteiger partial charge in [-0.05, 0) is 43.6 Å². The second-order valence-electron chi connectivity index (χ2n) is 6.62. The van der Waals surface area contributed by atoms with Crippen molar-refractivity contribution in [2.75, 3.05) is 45.2 Å². The molecule has 0 saturated carbocycles. The van der Waals surface area contributed by atoms with Gasteiger partial charge in [0, 0.05) is 25.3 Å². The summed E-state index contributed by atoms with van der Waals surface area (Å²) in [5, 5.41) is 0. The maximum atomic E-state index is 12.3. The summed E-state index contributed by atoms with van der Waals surface area (Å²) in [7, 11) is 3.77. The molecule has 1 aromatic carbocycles. The number of hydrogen-bond acceptors (Lipinski definition) is 4. The average molecular weight is 316 g/mol. The monoisotopic (exact) mass is 316 g/mol. The number of rotatable bonds is 3. The summed E-state index contributed by atoms with van der Waals surface area (Å²) in [6.45, 7) is 1.95. The van der Waals surface area contributed by atoms with Gasteiger partial charge in [-0.15, -0.1) is 0 Å². The number of nitrogens with zero attached hydrogens (tertiary/aromatic N) is 3. The maximum absolute atomic E-state index is 12.3. The summed E-state index contributed by atoms with van der Waals surface area (Å²) in [4.78, 5) is 29.5. The Morgan fingerprint density at radius 3 is 2.65 bits per heavy atom. The minimum absolute atomic E-state index is 0.0313. The van der Waals surface area contributed by atoms with Crippen LogP contribution in [0.4, 0.5) is 5.69 Å². The number of amides is 2. The van der Waals surface area contributed by atoms with Crippen molar-refractivity contribution in [3.63, 3.8) is 0 Å². The van der Waals surface area contributed by atoms with Crippen LogP contribution in [0.1, 0.15) is 18.0 Å². The Bertz CT molecular complexity index is 618. The van der Waals surface area contributed by atoms with E-state index in [9.17, 15) is 9.59 Å². The third-order valence-electron chi connectivity index (χ3n) is 4.93. The van der Waals surface area contributed by atoms with E-state index in [0.29, 0.717) is 18.5 Å². The highest BCUT2D eigenvalue weighted by Crippen LogP contribution is 2.35. The average Bonchev–Trinajstić information content (AvgIpc) is 2.92. The number of anilines is 1. The van der Waals surface area contributed by atoms with Gasteiger partial charge in [-0.2, -0.15) is 0 Å². The molecule has 2 fully saturated rings. The van der Waals surface area contributed by atoms with Gasteiger partial charge >= 0.3 is 0 Å². The number of benzene rings is 1. The van der Waals surface area contributed by atoms with E-state index < -0.39 is 0 Å². The zero-order valence-electron chi connectivity index (χ0n) is 13.7. The van der Waals surface area contributed by atoms with Gasteiger partial charge in [0.15, 0.2) is 0 Å². The Labute approximate surface area is 136 Å². The fraction of sp³-hybridized carbons (Fsp3) is 0.529. The van der Waals surface area contributed by atoms with Crippen LogP contribution in [-0.2, 0) is 9.59 Å². The minimum atomic E-state index is -0.0381. The molecule has 2 amide bonds. The van der Waals surface area contributed by atoms with Crippen molar-refractivity contribution in [2.45, 2.75) is 12.5 Å². The van der Waals surface area contributed by atoms with Crippen molar-refractivity contribution < 1.29 is 9.59 Å². The van der Waals surface area contributed by atoms with E-state index in [0.717, 1.165) is 18.7 Å². The lowest BCUT2D eigenvalue weighted by Crippen LogP contribution is -2.52. The molecule has 2 atom stereocenters. The van der Waals surface area contributed by atoms with Crippen LogP contribution in [0.5, 0.6) is 0 Å². The zero-order chi connectivity index (χ0) is 16.6. The van der Waals surface area contributed by atoms with Gasteiger partial charge in [-0.1, -0.05) is 12.1 Å². The van der Waals surface area contributed by atoms with Gasteiger partial charge in [-0.25, -0.2) is 0 Å². The van der Waals surface area contributed by atoms with E-state index in [1.54, 1.807) is 11.9 Å². The fourth-order valence-electron chi connectivity index (χ4n) is 3.52. The molecule has 2 aliphatic rings. The SMILES string of the molecule is CN1CC(=O)N(c2cccc(C3CC(CN)CN3C)c2)CC1=O. The molecule has 0 spiro atoms. The van der Waals surface area contributed by atoms with Crippen molar-refractivity contribution in [3.05, 3.63) is 29.8 Å². The molecular formula is C17H24N4O2. The number of carbonyl (C=O) groups excluding carboxylic acids is 2. The predicted octanol–water partition coefficient (Wildman–Crippen LogP) is 0.443. The minimum Gasteiger partial charge on any atom is -0.335 e. The molecule has 2 heterocycles. The predicted molar refractivity (Wildman–Crippen MR) is 89.0 cm³/mol. The van der Waals surface area contributed by atoms with E-state index in [1.165, 1.54) is 10.5 Å². The molecular weight excluding hydrogens is 292 g/mol. The fourth-order valence-corrected chi connectivity index (χ4v) is 3.52. The topological polar surface area (TPSA) is 69.9 Å². The van der Waals surface area contributed by atoms with Crippen LogP contribution in [0.25, 0.3) is 0 Å². The first-order chi connectivity index (χ1) is 11.0. The van der Waals surface area contributed by atoms with Gasteiger partial charge in [0.2, 0.25) is 11.8 Å². The second kappa shape index (κ2) is 6.29. The van der Waals surface area contributed by atoms with E-state index in [2.05, 4.69) is 18.0 Å². The van der Waals surface area contributed by atoms with Crippen LogP contribution in [0, 0.1) is 5.92 Å². The lowest BCUT2D eigenvalue weighted by Gasteiger charge is -2.32. The summed E-state index contributed by atoms with van der Waals surface area (Å²) < 4.78 is 0. The van der Waals surface area contributed by atoms with E-state index >= 15 is 0 Å². The Morgan fingerprint density at radius 2 is 1.96 bits per heavy atom. The number of nitrogens with two attached hydrogens (primary N) is 1. The molecule has 2 aliphatic heterocycles. The van der Waals surface area contributed by atoms with Gasteiger partial charge in [0.05, 0.1) is 6.54 Å². The molecule has 2 N–H and O–H groups in total. The van der Waals surface area contributed by atoms with Gasteiger partial charge in [0.25, 0.3) is 0 Å². The number of likely N-dealkylation sites (tertiary alicyclic amines) is 1. The van der Waals surface area contributed by atoms with Crippen LogP contribution >= 0.6 is 0 Å². The maximum Gasteiger partial charge on any atom is 0.247 e. The highest BCUT2D eigenvalue weighted by Gasteiger charge is 2.32. The standard InChI is InChI=1S/C17H24N4O2/c1-19-9-12(8-18)6-15(19)13-4-3-5-14(7-13)21-11-16(22)20(2)10-17(21)23/h3-5,7,12,15H,6,8-11,18H2,1-2H3. The smallest absolute Gasteiger partial charge is 0.247 e. The van der Waals surface area contributed by atoms with E-state index in [4.69, 9.17) is 5.73 Å². The molecule has 3 rings (SSSR count). The first kappa shape index (κ1) is 16.0. The third kappa shape index (κ3) is 3.09. The Morgan fingerprint density at radius 1 is 1.17 bits per heavy atom. The summed E-state index contributed by atoms with van der Waals surface area (Å²) in [5.41, 5.74) is 7.79. The molecule has 2 saturated heterocycles. The molecule has 6 heteroatoms. The van der Waals surface area contributed by atoms with Crippen molar-refractivity contribution in [3.8, 4) is 0 Å². The summed E-state index contributed by atoms with van der Waals surface area (Å²) in [5.74, 6) is 0.445. The van der Waals surface area contributed by atoms with Crippen molar-refractivity contribution in [1.29, 1.82) is 0 Å². The number of piperazine rings is 1. The highest BCUT2D eigenvalue weighted by atomic mass is 16.2. The third-order valence-corrected chi connectivity index (χ3v) is 4.93. The molecule has 0 aromatic heterocycles. The summed E-state index contributed by atoms with van der Waals surface area (Å²) in [6.07, 6.45) is 1.03. The van der Waals surface area contributed by atoms with Gasteiger partial charge in [0.1, 0.15) is 6.54 Å². The molecule has 0 radical (unpaired) electrons. The number of carbonyl (C=O) groups is 2. The first-order valence-corrected chi connectivity index (χ1v) is 8.04. The normalized spacial score (nSPS) is 26.2. The largest absolute Gasteiger partial charge is 0.335 e. The zero-order valence-corrected chi connectivity index (χ0v) is 13.7. The molecule has 23 heavy (non-hydrogen) atoms. The van der Waals surface area contributed by atoms with Crippen molar-refractivity contribution in [2.24, 2.45) is 11.7 Å². The van der Waals surface area contributed by atoms with Crippen molar-refractivity contribution >= 4 is 17.5 Å². The van der Waals surface area contributed by atoms with Gasteiger partial charge < -0.3 is 15.5 Å². The molecule has 2 unspecified atom stereocenters. The van der Waals surface area contributed by atoms with Crippen LogP contribution in [0.3, 0.4) is 0 Å². The molecule has 1 aromatic rings. The van der Waals surface area contributed by atoms with Crippen LogP contribution in [0.2, 0.25) is 0 Å². The first-order valence-electron chi connectivity index (χ1n) is 8.04. The van der Waals surface area contributed by atoms with E-state index in [-0.39, 0.29) is 24.9 Å². The quantitative estimate of drug-likeness (QED) is 0.879. The molecule has 6 nitrogen and oxygen atoms in total. The highest BCUT2D eigenvalue weighted by molar-refractivity contribution is 6.04. The molecule has 124 valence electrons. The Balaban J connectivity index is 1.83. The lowest BCUT2D eigenvalue weighted by molar-refractivity contribution is -0.136. The Kier molecular flexibility index (Phi) is 4.37. The summed E-state index contributed by atoms with van der Waals surface area (Å²) >= 11 is 0. The van der Waals surface area contributed by atoms with Gasteiger partial charge in [-0.3, -0.25) is 14.5 Å².